The topological polar surface area (TPSA) is 118 Å². The monoisotopic (exact) mass is 522 g/mol. The minimum atomic E-state index is -0.544. The molecule has 39 heavy (non-hydrogen) atoms. The van der Waals surface area contributed by atoms with Crippen LogP contribution in [0.4, 0.5) is 17.5 Å². The summed E-state index contributed by atoms with van der Waals surface area (Å²) in [5, 5.41) is 10.6. The Labute approximate surface area is 226 Å². The fourth-order valence-corrected chi connectivity index (χ4v) is 5.55. The number of primary amides is 1. The minimum absolute atomic E-state index is 0.188. The van der Waals surface area contributed by atoms with Gasteiger partial charge in [0, 0.05) is 48.4 Å². The SMILES string of the molecule is NC(=O)c1cccc(-c2nc(N3CCOCC3)nc3c2CCN3c2cccnc2)c1[C@@H](CO)c1ccccc1. The van der Waals surface area contributed by atoms with Gasteiger partial charge in [-0.2, -0.15) is 4.98 Å². The van der Waals surface area contributed by atoms with Crippen LogP contribution in [0, 0.1) is 0 Å². The number of ether oxygens (including phenoxy) is 1. The van der Waals surface area contributed by atoms with Gasteiger partial charge in [0.15, 0.2) is 0 Å². The zero-order valence-corrected chi connectivity index (χ0v) is 21.5. The van der Waals surface area contributed by atoms with Gasteiger partial charge in [-0.25, -0.2) is 4.98 Å². The van der Waals surface area contributed by atoms with Crippen molar-refractivity contribution in [1.29, 1.82) is 0 Å². The predicted molar refractivity (Wildman–Crippen MR) is 149 cm³/mol. The number of aromatic nitrogens is 3. The first-order valence-electron chi connectivity index (χ1n) is 13.2. The molecular weight excluding hydrogens is 492 g/mol. The third-order valence-electron chi connectivity index (χ3n) is 7.43. The molecule has 2 aromatic carbocycles. The molecule has 6 rings (SSSR count). The van der Waals surface area contributed by atoms with Crippen LogP contribution in [0.1, 0.15) is 33.0 Å². The predicted octanol–water partition coefficient (Wildman–Crippen LogP) is 3.29. The second-order valence-electron chi connectivity index (χ2n) is 9.66. The molecule has 1 fully saturated rings. The summed E-state index contributed by atoms with van der Waals surface area (Å²) in [7, 11) is 0. The third kappa shape index (κ3) is 4.71. The molecule has 4 heterocycles. The van der Waals surface area contributed by atoms with E-state index in [-0.39, 0.29) is 6.61 Å². The standard InChI is InChI=1S/C30H30N6O3/c31-28(38)23-10-4-9-22(26(23)25(19-37)20-6-2-1-3-7-20)27-24-11-13-36(21-8-5-12-32-18-21)29(24)34-30(33-27)35-14-16-39-17-15-35/h1-10,12,18,25,37H,11,13-17,19H2,(H2,31,38)/t25-/m0/s1. The van der Waals surface area contributed by atoms with Crippen molar-refractivity contribution in [3.63, 3.8) is 0 Å². The van der Waals surface area contributed by atoms with Crippen molar-refractivity contribution < 1.29 is 14.6 Å². The summed E-state index contributed by atoms with van der Waals surface area (Å²) in [5.41, 5.74) is 11.3. The van der Waals surface area contributed by atoms with Gasteiger partial charge in [-0.1, -0.05) is 42.5 Å². The van der Waals surface area contributed by atoms with E-state index < -0.39 is 11.8 Å². The zero-order valence-electron chi connectivity index (χ0n) is 21.5. The first kappa shape index (κ1) is 25.0. The Morgan fingerprint density at radius 3 is 2.54 bits per heavy atom. The molecular formula is C30H30N6O3. The highest BCUT2D eigenvalue weighted by Gasteiger charge is 2.32. The number of aliphatic hydroxyl groups excluding tert-OH is 1. The molecule has 1 saturated heterocycles. The molecule has 1 atom stereocenters. The van der Waals surface area contributed by atoms with E-state index in [0.717, 1.165) is 46.9 Å². The molecule has 0 radical (unpaired) electrons. The summed E-state index contributed by atoms with van der Waals surface area (Å²) in [6.45, 7) is 3.11. The van der Waals surface area contributed by atoms with Crippen LogP contribution in [-0.2, 0) is 11.2 Å². The quantitative estimate of drug-likeness (QED) is 0.380. The highest BCUT2D eigenvalue weighted by molar-refractivity contribution is 5.97. The van der Waals surface area contributed by atoms with Gasteiger partial charge in [-0.15, -0.1) is 0 Å². The number of rotatable bonds is 7. The lowest BCUT2D eigenvalue weighted by Gasteiger charge is -2.29. The van der Waals surface area contributed by atoms with Gasteiger partial charge in [0.1, 0.15) is 5.82 Å². The Bertz CT molecular complexity index is 1480. The number of fused-ring (bicyclic) bond motifs is 1. The summed E-state index contributed by atoms with van der Waals surface area (Å²) in [6, 6.07) is 19.1. The summed E-state index contributed by atoms with van der Waals surface area (Å²) in [5.74, 6) is 0.430. The van der Waals surface area contributed by atoms with Crippen LogP contribution in [-0.4, -0.2) is 65.4 Å². The number of amides is 1. The highest BCUT2D eigenvalue weighted by atomic mass is 16.5. The average molecular weight is 523 g/mol. The molecule has 0 spiro atoms. The number of benzene rings is 2. The van der Waals surface area contributed by atoms with E-state index >= 15 is 0 Å². The number of hydrogen-bond acceptors (Lipinski definition) is 8. The fourth-order valence-electron chi connectivity index (χ4n) is 5.55. The lowest BCUT2D eigenvalue weighted by atomic mass is 9.83. The number of anilines is 3. The molecule has 4 aromatic rings. The summed E-state index contributed by atoms with van der Waals surface area (Å²) in [4.78, 5) is 31.5. The number of morpholine rings is 1. The van der Waals surface area contributed by atoms with Crippen molar-refractivity contribution in [3.8, 4) is 11.3 Å². The first-order valence-corrected chi connectivity index (χ1v) is 13.2. The van der Waals surface area contributed by atoms with Gasteiger partial charge in [0.2, 0.25) is 11.9 Å². The molecule has 2 aliphatic heterocycles. The second kappa shape index (κ2) is 10.8. The third-order valence-corrected chi connectivity index (χ3v) is 7.43. The molecule has 198 valence electrons. The summed E-state index contributed by atoms with van der Waals surface area (Å²) in [6.07, 6.45) is 4.31. The van der Waals surface area contributed by atoms with Crippen molar-refractivity contribution in [2.24, 2.45) is 5.73 Å². The van der Waals surface area contributed by atoms with E-state index in [9.17, 15) is 9.90 Å². The molecule has 2 aromatic heterocycles. The Morgan fingerprint density at radius 2 is 1.82 bits per heavy atom. The number of aliphatic hydroxyl groups is 1. The van der Waals surface area contributed by atoms with E-state index in [4.69, 9.17) is 20.4 Å². The van der Waals surface area contributed by atoms with Gasteiger partial charge < -0.3 is 25.4 Å². The minimum Gasteiger partial charge on any atom is -0.395 e. The van der Waals surface area contributed by atoms with Gasteiger partial charge in [-0.3, -0.25) is 9.78 Å². The number of nitrogens with two attached hydrogens (primary N) is 1. The largest absolute Gasteiger partial charge is 0.395 e. The van der Waals surface area contributed by atoms with Gasteiger partial charge in [-0.05, 0) is 35.7 Å². The number of hydrogen-bond donors (Lipinski definition) is 2. The molecule has 0 saturated carbocycles. The Kier molecular flexibility index (Phi) is 6.91. The van der Waals surface area contributed by atoms with E-state index in [0.29, 0.717) is 43.4 Å². The van der Waals surface area contributed by atoms with Crippen LogP contribution >= 0.6 is 0 Å². The van der Waals surface area contributed by atoms with Gasteiger partial charge in [0.05, 0.1) is 37.4 Å². The average Bonchev–Trinajstić information content (AvgIpc) is 3.43. The van der Waals surface area contributed by atoms with Crippen molar-refractivity contribution in [3.05, 3.63) is 95.3 Å². The van der Waals surface area contributed by atoms with E-state index in [2.05, 4.69) is 14.8 Å². The molecule has 0 unspecified atom stereocenters. The molecule has 0 aliphatic carbocycles. The zero-order chi connectivity index (χ0) is 26.8. The number of carbonyl (C=O) groups excluding carboxylic acids is 1. The maximum absolute atomic E-state index is 12.7. The second-order valence-corrected chi connectivity index (χ2v) is 9.66. The Balaban J connectivity index is 1.59. The maximum Gasteiger partial charge on any atom is 0.249 e. The van der Waals surface area contributed by atoms with Crippen molar-refractivity contribution in [2.45, 2.75) is 12.3 Å². The number of carbonyl (C=O) groups is 1. The molecule has 9 heteroatoms. The number of nitrogens with zero attached hydrogens (tertiary/aromatic N) is 5. The molecule has 3 N–H and O–H groups in total. The van der Waals surface area contributed by atoms with E-state index in [1.165, 1.54) is 0 Å². The van der Waals surface area contributed by atoms with Crippen molar-refractivity contribution >= 4 is 23.4 Å². The van der Waals surface area contributed by atoms with Gasteiger partial charge >= 0.3 is 0 Å². The highest BCUT2D eigenvalue weighted by Crippen LogP contribution is 2.42. The van der Waals surface area contributed by atoms with Crippen molar-refractivity contribution in [1.82, 2.24) is 15.0 Å². The summed E-state index contributed by atoms with van der Waals surface area (Å²) >= 11 is 0. The molecule has 0 bridgehead atoms. The van der Waals surface area contributed by atoms with Crippen LogP contribution in [0.15, 0.2) is 73.1 Å². The number of pyridine rings is 1. The fraction of sp³-hybridized carbons (Fsp3) is 0.267. The van der Waals surface area contributed by atoms with Crippen LogP contribution in [0.3, 0.4) is 0 Å². The molecule has 1 amide bonds. The molecule has 2 aliphatic rings. The Morgan fingerprint density at radius 1 is 1.00 bits per heavy atom. The molecule has 9 nitrogen and oxygen atoms in total. The summed E-state index contributed by atoms with van der Waals surface area (Å²) < 4.78 is 5.58. The smallest absolute Gasteiger partial charge is 0.249 e. The Hall–Kier alpha value is -4.34. The van der Waals surface area contributed by atoms with Crippen LogP contribution in [0.25, 0.3) is 11.3 Å². The normalized spacial score (nSPS) is 15.7. The van der Waals surface area contributed by atoms with E-state index in [1.807, 2.05) is 60.8 Å². The lowest BCUT2D eigenvalue weighted by molar-refractivity contribution is 0.0999. The van der Waals surface area contributed by atoms with Gasteiger partial charge in [0.25, 0.3) is 0 Å². The first-order chi connectivity index (χ1) is 19.2. The lowest BCUT2D eigenvalue weighted by Crippen LogP contribution is -2.37. The van der Waals surface area contributed by atoms with Crippen LogP contribution < -0.4 is 15.5 Å². The van der Waals surface area contributed by atoms with Crippen LogP contribution in [0.5, 0.6) is 0 Å². The van der Waals surface area contributed by atoms with Crippen LogP contribution in [0.2, 0.25) is 0 Å². The maximum atomic E-state index is 12.7. The van der Waals surface area contributed by atoms with E-state index in [1.54, 1.807) is 12.3 Å². The van der Waals surface area contributed by atoms with Crippen molar-refractivity contribution in [2.75, 3.05) is 49.3 Å².